The van der Waals surface area contributed by atoms with E-state index in [1.54, 1.807) is 0 Å². The van der Waals surface area contributed by atoms with Gasteiger partial charge in [-0.25, -0.2) is 5.48 Å². The van der Waals surface area contributed by atoms with E-state index in [-0.39, 0.29) is 12.5 Å². The van der Waals surface area contributed by atoms with Crippen LogP contribution in [0.5, 0.6) is 0 Å². The van der Waals surface area contributed by atoms with Gasteiger partial charge in [-0.3, -0.25) is 14.8 Å². The van der Waals surface area contributed by atoms with Crippen LogP contribution in [-0.4, -0.2) is 54.9 Å². The highest BCUT2D eigenvalue weighted by Gasteiger charge is 2.23. The third-order valence-electron chi connectivity index (χ3n) is 6.01. The second-order valence-electron chi connectivity index (χ2n) is 9.18. The van der Waals surface area contributed by atoms with Crippen LogP contribution in [0.15, 0.2) is 79.4 Å². The van der Waals surface area contributed by atoms with Gasteiger partial charge < -0.3 is 26.0 Å². The predicted octanol–water partition coefficient (Wildman–Crippen LogP) is 2.96. The Morgan fingerprint density at radius 2 is 1.50 bits per heavy atom. The molecule has 0 aliphatic heterocycles. The Hall–Kier alpha value is -4.18. The molecule has 0 spiro atoms. The molecule has 200 valence electrons. The number of rotatable bonds is 12. The summed E-state index contributed by atoms with van der Waals surface area (Å²) in [6.07, 6.45) is -1.03. The summed E-state index contributed by atoms with van der Waals surface area (Å²) in [6, 6.07) is 22.2. The number of carbonyl (C=O) groups is 2. The molecule has 0 fully saturated rings. The van der Waals surface area contributed by atoms with Gasteiger partial charge in [-0.15, -0.1) is 0 Å². The van der Waals surface area contributed by atoms with Gasteiger partial charge in [0, 0.05) is 37.7 Å². The van der Waals surface area contributed by atoms with Crippen LogP contribution in [0.4, 0.5) is 11.4 Å². The monoisotopic (exact) mass is 517 g/mol. The van der Waals surface area contributed by atoms with E-state index in [0.717, 1.165) is 27.9 Å². The average Bonchev–Trinajstić information content (AvgIpc) is 2.91. The summed E-state index contributed by atoms with van der Waals surface area (Å²) < 4.78 is 0. The SMILES string of the molecule is C=C(N[C@H](C(=O)NO)[C@@H](C)O)c1ccc(-c2ccc(NC(=O)CNCc3ccc(N(C)C)cc3)cc2)cc1. The topological polar surface area (TPSA) is 126 Å². The largest absolute Gasteiger partial charge is 0.391 e. The summed E-state index contributed by atoms with van der Waals surface area (Å²) in [5, 5.41) is 27.5. The molecule has 9 heteroatoms. The van der Waals surface area contributed by atoms with Crippen LogP contribution in [0.1, 0.15) is 18.1 Å². The lowest BCUT2D eigenvalue weighted by atomic mass is 10.0. The van der Waals surface area contributed by atoms with E-state index >= 15 is 0 Å². The van der Waals surface area contributed by atoms with Gasteiger partial charge in [-0.2, -0.15) is 0 Å². The van der Waals surface area contributed by atoms with Gasteiger partial charge in [0.25, 0.3) is 5.91 Å². The van der Waals surface area contributed by atoms with Crippen LogP contribution in [0.25, 0.3) is 16.8 Å². The van der Waals surface area contributed by atoms with Crippen LogP contribution in [0, 0.1) is 0 Å². The van der Waals surface area contributed by atoms with E-state index in [0.29, 0.717) is 17.9 Å². The van der Waals surface area contributed by atoms with Gasteiger partial charge in [-0.1, -0.05) is 55.1 Å². The fourth-order valence-corrected chi connectivity index (χ4v) is 3.79. The molecule has 3 aromatic rings. The maximum atomic E-state index is 12.3. The molecule has 3 rings (SSSR count). The zero-order valence-electron chi connectivity index (χ0n) is 21.9. The molecule has 0 heterocycles. The molecule has 0 saturated heterocycles. The van der Waals surface area contributed by atoms with Crippen LogP contribution < -0.4 is 26.3 Å². The third-order valence-corrected chi connectivity index (χ3v) is 6.01. The van der Waals surface area contributed by atoms with Crippen LogP contribution in [0.2, 0.25) is 0 Å². The lowest BCUT2D eigenvalue weighted by molar-refractivity contribution is -0.133. The Balaban J connectivity index is 1.51. The quantitative estimate of drug-likeness (QED) is 0.161. The normalized spacial score (nSPS) is 12.2. The van der Waals surface area contributed by atoms with E-state index < -0.39 is 18.1 Å². The van der Waals surface area contributed by atoms with Crippen molar-refractivity contribution in [1.82, 2.24) is 16.1 Å². The fourth-order valence-electron chi connectivity index (χ4n) is 3.79. The minimum Gasteiger partial charge on any atom is -0.391 e. The highest BCUT2D eigenvalue weighted by molar-refractivity contribution is 5.92. The second kappa shape index (κ2) is 13.4. The first kappa shape index (κ1) is 28.4. The number of carbonyl (C=O) groups excluding carboxylic acids is 2. The lowest BCUT2D eigenvalue weighted by Crippen LogP contribution is -2.48. The number of anilines is 2. The lowest BCUT2D eigenvalue weighted by Gasteiger charge is -2.22. The van der Waals surface area contributed by atoms with Crippen LogP contribution >= 0.6 is 0 Å². The minimum absolute atomic E-state index is 0.122. The summed E-state index contributed by atoms with van der Waals surface area (Å²) >= 11 is 0. The summed E-state index contributed by atoms with van der Waals surface area (Å²) in [5.74, 6) is -0.876. The molecule has 0 unspecified atom stereocenters. The maximum absolute atomic E-state index is 12.3. The Morgan fingerprint density at radius 1 is 0.921 bits per heavy atom. The van der Waals surface area contributed by atoms with Crippen molar-refractivity contribution in [1.29, 1.82) is 0 Å². The summed E-state index contributed by atoms with van der Waals surface area (Å²) in [6.45, 7) is 6.17. The number of aliphatic hydroxyl groups excluding tert-OH is 1. The van der Waals surface area contributed by atoms with Crippen molar-refractivity contribution >= 4 is 28.9 Å². The first-order valence-corrected chi connectivity index (χ1v) is 12.2. The van der Waals surface area contributed by atoms with Gasteiger partial charge >= 0.3 is 0 Å². The highest BCUT2D eigenvalue weighted by atomic mass is 16.5. The Morgan fingerprint density at radius 3 is 2.03 bits per heavy atom. The van der Waals surface area contributed by atoms with Crippen LogP contribution in [0.3, 0.4) is 0 Å². The number of nitrogens with one attached hydrogen (secondary N) is 4. The molecule has 0 aliphatic rings. The highest BCUT2D eigenvalue weighted by Crippen LogP contribution is 2.23. The van der Waals surface area contributed by atoms with Crippen molar-refractivity contribution in [3.63, 3.8) is 0 Å². The molecule has 0 aromatic heterocycles. The van der Waals surface area contributed by atoms with E-state index in [4.69, 9.17) is 5.21 Å². The minimum atomic E-state index is -1.04. The Kier molecular flexibility index (Phi) is 10.0. The zero-order valence-corrected chi connectivity index (χ0v) is 21.9. The molecule has 6 N–H and O–H groups in total. The maximum Gasteiger partial charge on any atom is 0.268 e. The smallest absolute Gasteiger partial charge is 0.268 e. The molecule has 38 heavy (non-hydrogen) atoms. The van der Waals surface area contributed by atoms with Crippen molar-refractivity contribution in [2.75, 3.05) is 30.9 Å². The number of hydroxylamine groups is 1. The van der Waals surface area contributed by atoms with Gasteiger partial charge in [-0.05, 0) is 53.4 Å². The molecular formula is C29H35N5O4. The first-order chi connectivity index (χ1) is 18.2. The first-order valence-electron chi connectivity index (χ1n) is 12.2. The number of benzene rings is 3. The van der Waals surface area contributed by atoms with Gasteiger partial charge in [0.2, 0.25) is 5.91 Å². The number of hydrogen-bond acceptors (Lipinski definition) is 7. The van der Waals surface area contributed by atoms with Crippen molar-refractivity contribution in [3.05, 3.63) is 90.5 Å². The molecule has 9 nitrogen and oxygen atoms in total. The van der Waals surface area contributed by atoms with E-state index in [9.17, 15) is 14.7 Å². The summed E-state index contributed by atoms with van der Waals surface area (Å²) in [5.41, 5.74) is 7.57. The van der Waals surface area contributed by atoms with Gasteiger partial charge in [0.05, 0.1) is 12.6 Å². The molecule has 2 amide bonds. The molecule has 0 radical (unpaired) electrons. The molecular weight excluding hydrogens is 482 g/mol. The standard InChI is InChI=1S/C29H35N5O4/c1-19(31-28(20(2)35)29(37)33-38)22-7-9-23(10-8-22)24-11-13-25(14-12-24)32-27(36)18-30-17-21-5-15-26(16-6-21)34(3)4/h5-16,20,28,30-31,35,38H,1,17-18H2,2-4H3,(H,32,36)(H,33,37)/t20-,28+/m1/s1. The van der Waals surface area contributed by atoms with E-state index in [1.807, 2.05) is 91.8 Å². The number of amides is 2. The van der Waals surface area contributed by atoms with Crippen molar-refractivity contribution in [2.45, 2.75) is 25.6 Å². The van der Waals surface area contributed by atoms with E-state index in [1.165, 1.54) is 12.4 Å². The Bertz CT molecular complexity index is 1220. The predicted molar refractivity (Wildman–Crippen MR) is 151 cm³/mol. The Labute approximate surface area is 223 Å². The van der Waals surface area contributed by atoms with Crippen molar-refractivity contribution in [2.24, 2.45) is 0 Å². The van der Waals surface area contributed by atoms with Crippen molar-refractivity contribution < 1.29 is 19.9 Å². The molecule has 2 atom stereocenters. The van der Waals surface area contributed by atoms with E-state index in [2.05, 4.69) is 22.5 Å². The summed E-state index contributed by atoms with van der Waals surface area (Å²) in [4.78, 5) is 26.1. The van der Waals surface area contributed by atoms with Gasteiger partial charge in [0.15, 0.2) is 0 Å². The average molecular weight is 518 g/mol. The molecule has 0 saturated carbocycles. The molecule has 0 aliphatic carbocycles. The third kappa shape index (κ3) is 7.91. The number of aliphatic hydroxyl groups is 1. The fraction of sp³-hybridized carbons (Fsp3) is 0.241. The van der Waals surface area contributed by atoms with Crippen molar-refractivity contribution in [3.8, 4) is 11.1 Å². The number of hydrogen-bond donors (Lipinski definition) is 6. The molecule has 3 aromatic carbocycles. The summed E-state index contributed by atoms with van der Waals surface area (Å²) in [7, 11) is 3.99. The number of nitrogens with zero attached hydrogens (tertiary/aromatic N) is 1. The molecule has 0 bridgehead atoms. The van der Waals surface area contributed by atoms with Crippen LogP contribution in [-0.2, 0) is 16.1 Å². The zero-order chi connectivity index (χ0) is 27.7. The second-order valence-corrected chi connectivity index (χ2v) is 9.18. The van der Waals surface area contributed by atoms with Gasteiger partial charge in [0.1, 0.15) is 6.04 Å².